The fraction of sp³-hybridized carbons (Fsp3) is 0.224. The largest absolute Gasteiger partial charge is 0.456 e. The summed E-state index contributed by atoms with van der Waals surface area (Å²) in [6.07, 6.45) is 10.8. The van der Waals surface area contributed by atoms with E-state index < -0.39 is 5.60 Å². The van der Waals surface area contributed by atoms with Crippen molar-refractivity contribution in [1.29, 1.82) is 0 Å². The number of aromatic nitrogens is 4. The summed E-state index contributed by atoms with van der Waals surface area (Å²) in [6.45, 7) is 19.7. The van der Waals surface area contributed by atoms with Crippen molar-refractivity contribution in [2.75, 3.05) is 18.9 Å². The van der Waals surface area contributed by atoms with Gasteiger partial charge in [-0.15, -0.1) is 0 Å². The van der Waals surface area contributed by atoms with Crippen molar-refractivity contribution in [2.45, 2.75) is 86.8 Å². The van der Waals surface area contributed by atoms with Crippen LogP contribution in [0.15, 0.2) is 121 Å². The van der Waals surface area contributed by atoms with Crippen LogP contribution in [0, 0.1) is 41.5 Å². The van der Waals surface area contributed by atoms with E-state index in [9.17, 15) is 9.59 Å². The molecule has 6 heterocycles. The first kappa shape index (κ1) is 49.8. The number of carbonyl (C=O) groups excluding carboxylic acids is 2. The number of anilines is 1. The van der Waals surface area contributed by atoms with Gasteiger partial charge < -0.3 is 20.0 Å². The normalized spacial score (nSPS) is 14.4. The molecule has 1 fully saturated rings. The van der Waals surface area contributed by atoms with Gasteiger partial charge in [0.25, 0.3) is 5.91 Å². The Morgan fingerprint density at radius 2 is 0.947 bits per heavy atom. The van der Waals surface area contributed by atoms with Crippen LogP contribution in [0.3, 0.4) is 0 Å². The molecule has 0 saturated carbocycles. The summed E-state index contributed by atoms with van der Waals surface area (Å²) in [6, 6.07) is 41.6. The van der Waals surface area contributed by atoms with Crippen LogP contribution in [0.4, 0.5) is 5.69 Å². The van der Waals surface area contributed by atoms with E-state index in [4.69, 9.17) is 14.7 Å². The number of hydrogen-bond donors (Lipinski definition) is 3. The van der Waals surface area contributed by atoms with Crippen molar-refractivity contribution in [3.05, 3.63) is 194 Å². The minimum absolute atomic E-state index is 0.174. The fourth-order valence-electron chi connectivity index (χ4n) is 11.7. The number of carbonyl (C=O) groups is 2. The zero-order valence-electron chi connectivity index (χ0n) is 45.1. The van der Waals surface area contributed by atoms with Crippen molar-refractivity contribution in [1.82, 2.24) is 24.8 Å². The number of esters is 1. The highest BCUT2D eigenvalue weighted by Crippen LogP contribution is 2.42. The van der Waals surface area contributed by atoms with Gasteiger partial charge in [0, 0.05) is 61.6 Å². The van der Waals surface area contributed by atoms with Gasteiger partial charge in [-0.2, -0.15) is 0 Å². The van der Waals surface area contributed by atoms with Gasteiger partial charge >= 0.3 is 5.97 Å². The summed E-state index contributed by atoms with van der Waals surface area (Å²) in [4.78, 5) is 48.4. The third-order valence-electron chi connectivity index (χ3n) is 14.9. The lowest BCUT2D eigenvalue weighted by molar-refractivity contribution is 0.00693. The maximum atomic E-state index is 13.9. The highest BCUT2D eigenvalue weighted by Gasteiger charge is 2.25. The Balaban J connectivity index is 1.14. The van der Waals surface area contributed by atoms with Gasteiger partial charge in [-0.25, -0.2) is 14.8 Å². The summed E-state index contributed by atoms with van der Waals surface area (Å²) >= 11 is 0. The molecule has 3 aliphatic heterocycles. The van der Waals surface area contributed by atoms with Crippen LogP contribution in [-0.2, 0) is 4.74 Å². The van der Waals surface area contributed by atoms with Crippen molar-refractivity contribution in [3.63, 3.8) is 0 Å². The Bertz CT molecular complexity index is 3780. The van der Waals surface area contributed by atoms with Crippen LogP contribution in [0.5, 0.6) is 0 Å². The molecule has 11 rings (SSSR count). The minimum atomic E-state index is -0.628. The number of aromatic amines is 2. The first-order valence-electron chi connectivity index (χ1n) is 26.3. The SMILES string of the molecule is Cc1cc(C)c(-c2c3nc(c(-c4ccc(C(=O)OC(C)(C)C)cc4)c4ccc([nH]4)c(-c4c(C)cc(C)cc4C)c4nc(c(-c5ccc(C(=O)Nc6ccc(C7CCCN7C)cc6)cc5)c5ccc2[nH]5)C=C4)C=C3)c(C)c1. The average Bonchev–Trinajstić information content (AvgIpc) is 4.25. The van der Waals surface area contributed by atoms with Crippen LogP contribution < -0.4 is 5.32 Å². The van der Waals surface area contributed by atoms with Crippen molar-refractivity contribution in [2.24, 2.45) is 0 Å². The van der Waals surface area contributed by atoms with E-state index in [1.165, 1.54) is 23.1 Å². The summed E-state index contributed by atoms with van der Waals surface area (Å²) in [5, 5.41) is 3.14. The third-order valence-corrected chi connectivity index (χ3v) is 14.9. The molecule has 3 N–H and O–H groups in total. The number of nitrogens with zero attached hydrogens (tertiary/aromatic N) is 3. The van der Waals surface area contributed by atoms with Crippen LogP contribution in [0.2, 0.25) is 0 Å². The number of fused-ring (bicyclic) bond motifs is 8. The highest BCUT2D eigenvalue weighted by molar-refractivity contribution is 6.05. The first-order chi connectivity index (χ1) is 36.5. The number of aryl methyl sites for hydroxylation is 6. The number of likely N-dealkylation sites (tertiary alicyclic amines) is 1. The second kappa shape index (κ2) is 19.7. The standard InChI is InChI=1S/C67H64N6O3/c1-38-34-40(3)59(41(4)35-38)63-54-29-25-50(69-54)61(45-13-17-47(18-14-45)65(74)68-49-23-21-44(22-24-49)58-12-11-33-73(58)10)51-26-30-55(70-51)64(60-42(5)36-39(2)37-43(60)6)57-32-28-53(72-57)62(52-27-31-56(63)71-52)46-15-19-48(20-16-46)66(75)76-67(7,8)9/h13-32,34-37,58,69,72H,11-12,33H2,1-10H3,(H,68,74). The number of hydrogen-bond acceptors (Lipinski definition) is 6. The molecule has 76 heavy (non-hydrogen) atoms. The second-order valence-corrected chi connectivity index (χ2v) is 21.9. The number of rotatable bonds is 8. The molecular weight excluding hydrogens is 937 g/mol. The highest BCUT2D eigenvalue weighted by atomic mass is 16.6. The molecule has 1 saturated heterocycles. The molecule has 5 aromatic carbocycles. The lowest BCUT2D eigenvalue weighted by Crippen LogP contribution is -2.23. The molecule has 1 unspecified atom stereocenters. The molecule has 1 amide bonds. The molecule has 3 aromatic heterocycles. The van der Waals surface area contributed by atoms with E-state index in [0.717, 1.165) is 130 Å². The van der Waals surface area contributed by atoms with Crippen molar-refractivity contribution in [3.8, 4) is 44.5 Å². The van der Waals surface area contributed by atoms with E-state index in [0.29, 0.717) is 17.2 Å². The van der Waals surface area contributed by atoms with Crippen molar-refractivity contribution >= 4 is 63.9 Å². The Hall–Kier alpha value is -8.40. The van der Waals surface area contributed by atoms with Gasteiger partial charge in [0.05, 0.1) is 28.3 Å². The maximum Gasteiger partial charge on any atom is 0.338 e. The minimum Gasteiger partial charge on any atom is -0.456 e. The number of ether oxygens (including phenoxy) is 1. The number of H-pyrrole nitrogens is 2. The Labute approximate surface area is 445 Å². The fourth-order valence-corrected chi connectivity index (χ4v) is 11.7. The van der Waals surface area contributed by atoms with Gasteiger partial charge in [0.15, 0.2) is 0 Å². The maximum absolute atomic E-state index is 13.9. The van der Waals surface area contributed by atoms with Crippen LogP contribution in [-0.4, -0.2) is 55.9 Å². The number of amides is 1. The van der Waals surface area contributed by atoms with Crippen LogP contribution in [0.1, 0.15) is 122 Å². The van der Waals surface area contributed by atoms with E-state index in [1.54, 1.807) is 0 Å². The van der Waals surface area contributed by atoms with Gasteiger partial charge in [-0.1, -0.05) is 71.8 Å². The first-order valence-corrected chi connectivity index (χ1v) is 26.3. The smallest absolute Gasteiger partial charge is 0.338 e. The average molecular weight is 1000 g/mol. The van der Waals surface area contributed by atoms with Gasteiger partial charge in [0.1, 0.15) is 5.60 Å². The topological polar surface area (TPSA) is 116 Å². The quantitative estimate of drug-likeness (QED) is 0.131. The third kappa shape index (κ3) is 9.63. The van der Waals surface area contributed by atoms with E-state index in [-0.39, 0.29) is 11.9 Å². The Morgan fingerprint density at radius 3 is 1.36 bits per heavy atom. The summed E-state index contributed by atoms with van der Waals surface area (Å²) in [5.41, 5.74) is 23.8. The summed E-state index contributed by atoms with van der Waals surface area (Å²) in [7, 11) is 2.18. The molecule has 1 atom stereocenters. The molecule has 9 heteroatoms. The summed E-state index contributed by atoms with van der Waals surface area (Å²) in [5.74, 6) is -0.548. The molecule has 8 bridgehead atoms. The van der Waals surface area contributed by atoms with Gasteiger partial charge in [-0.05, 0) is 224 Å². The monoisotopic (exact) mass is 1000 g/mol. The molecule has 3 aliphatic rings. The number of benzene rings is 5. The van der Waals surface area contributed by atoms with Crippen LogP contribution in [0.25, 0.3) is 90.9 Å². The predicted molar refractivity (Wildman–Crippen MR) is 313 cm³/mol. The molecular formula is C67H64N6O3. The lowest BCUT2D eigenvalue weighted by Gasteiger charge is -2.20. The molecule has 0 aliphatic carbocycles. The molecule has 0 spiro atoms. The molecule has 9 nitrogen and oxygen atoms in total. The Kier molecular flexibility index (Phi) is 12.9. The predicted octanol–water partition coefficient (Wildman–Crippen LogP) is 16.1. The zero-order chi connectivity index (χ0) is 53.2. The van der Waals surface area contributed by atoms with Crippen LogP contribution >= 0.6 is 0 Å². The van der Waals surface area contributed by atoms with E-state index in [2.05, 4.69) is 154 Å². The molecule has 380 valence electrons. The van der Waals surface area contributed by atoms with Gasteiger partial charge in [-0.3, -0.25) is 9.69 Å². The Morgan fingerprint density at radius 1 is 0.539 bits per heavy atom. The zero-order valence-corrected chi connectivity index (χ0v) is 45.1. The molecule has 0 radical (unpaired) electrons. The van der Waals surface area contributed by atoms with Crippen molar-refractivity contribution < 1.29 is 14.3 Å². The van der Waals surface area contributed by atoms with E-state index >= 15 is 0 Å². The van der Waals surface area contributed by atoms with E-state index in [1.807, 2.05) is 81.4 Å². The van der Waals surface area contributed by atoms with Gasteiger partial charge in [0.2, 0.25) is 0 Å². The summed E-state index contributed by atoms with van der Waals surface area (Å²) < 4.78 is 5.76. The number of nitrogens with one attached hydrogen (secondary N) is 3. The second-order valence-electron chi connectivity index (χ2n) is 21.9. The lowest BCUT2D eigenvalue weighted by atomic mass is 9.92. The molecule has 8 aromatic rings.